The number of amides is 2. The van der Waals surface area contributed by atoms with Gasteiger partial charge >= 0.3 is 6.03 Å². The molecule has 0 aliphatic rings. The van der Waals surface area contributed by atoms with E-state index >= 15 is 0 Å². The van der Waals surface area contributed by atoms with Gasteiger partial charge in [0.25, 0.3) is 0 Å². The van der Waals surface area contributed by atoms with Crippen LogP contribution in [0.15, 0.2) is 54.9 Å². The molecule has 0 aliphatic heterocycles. The van der Waals surface area contributed by atoms with Crippen LogP contribution in [-0.4, -0.2) is 31.2 Å². The standard InChI is InChI=1S/C17H21N3O2/c1-14(15-7-6-10-18-13-15)20(11-12-22-2)17(21)19-16-8-4-3-5-9-16/h3-10,13-14H,11-12H2,1-2H3,(H,19,21)/p+1. The molecule has 2 aromatic rings. The van der Waals surface area contributed by atoms with Crippen molar-refractivity contribution in [1.82, 2.24) is 4.90 Å². The maximum Gasteiger partial charge on any atom is 0.322 e. The Hall–Kier alpha value is -2.40. The Bertz CT molecular complexity index is 575. The fourth-order valence-electron chi connectivity index (χ4n) is 2.22. The van der Waals surface area contributed by atoms with E-state index in [1.807, 2.05) is 61.8 Å². The number of ether oxygens (including phenoxy) is 1. The minimum atomic E-state index is -0.139. The van der Waals surface area contributed by atoms with Crippen LogP contribution in [0.4, 0.5) is 10.5 Å². The van der Waals surface area contributed by atoms with Crippen molar-refractivity contribution < 1.29 is 14.5 Å². The van der Waals surface area contributed by atoms with Crippen molar-refractivity contribution >= 4 is 11.7 Å². The van der Waals surface area contributed by atoms with Gasteiger partial charge in [-0.15, -0.1) is 0 Å². The molecule has 0 saturated carbocycles. The van der Waals surface area contributed by atoms with E-state index < -0.39 is 0 Å². The maximum absolute atomic E-state index is 12.6. The van der Waals surface area contributed by atoms with Gasteiger partial charge in [-0.25, -0.2) is 9.78 Å². The number of para-hydroxylation sites is 1. The third-order valence-electron chi connectivity index (χ3n) is 3.50. The van der Waals surface area contributed by atoms with E-state index in [-0.39, 0.29) is 12.1 Å². The number of carbonyl (C=O) groups excluding carboxylic acids is 1. The van der Waals surface area contributed by atoms with Gasteiger partial charge in [0, 0.05) is 31.0 Å². The van der Waals surface area contributed by atoms with Crippen LogP contribution in [0.5, 0.6) is 0 Å². The SMILES string of the molecule is COCCN(C(=O)Nc1ccccc1)C(C)c1ccc[nH+]c1. The Morgan fingerprint density at radius 3 is 2.68 bits per heavy atom. The minimum absolute atomic E-state index is 0.0590. The lowest BCUT2D eigenvalue weighted by atomic mass is 10.1. The number of hydrogen-bond donors (Lipinski definition) is 1. The summed E-state index contributed by atoms with van der Waals surface area (Å²) < 4.78 is 5.13. The summed E-state index contributed by atoms with van der Waals surface area (Å²) in [4.78, 5) is 17.4. The first-order valence-electron chi connectivity index (χ1n) is 7.30. The first-order chi connectivity index (χ1) is 10.7. The second-order valence-corrected chi connectivity index (χ2v) is 5.00. The highest BCUT2D eigenvalue weighted by molar-refractivity contribution is 5.89. The van der Waals surface area contributed by atoms with E-state index in [0.717, 1.165) is 11.3 Å². The Balaban J connectivity index is 2.12. The van der Waals surface area contributed by atoms with E-state index in [0.29, 0.717) is 13.2 Å². The number of pyridine rings is 1. The van der Waals surface area contributed by atoms with E-state index in [1.165, 1.54) is 0 Å². The molecule has 116 valence electrons. The summed E-state index contributed by atoms with van der Waals surface area (Å²) in [7, 11) is 1.63. The highest BCUT2D eigenvalue weighted by Crippen LogP contribution is 2.19. The lowest BCUT2D eigenvalue weighted by Gasteiger charge is -2.28. The molecule has 0 fully saturated rings. The van der Waals surface area contributed by atoms with Gasteiger partial charge in [0.05, 0.1) is 12.6 Å². The van der Waals surface area contributed by atoms with Crippen molar-refractivity contribution in [3.8, 4) is 0 Å². The number of nitrogens with one attached hydrogen (secondary N) is 2. The minimum Gasteiger partial charge on any atom is -0.383 e. The first kappa shape index (κ1) is 16.0. The molecule has 0 aliphatic carbocycles. The summed E-state index contributed by atoms with van der Waals surface area (Å²) in [5.74, 6) is 0. The van der Waals surface area contributed by atoms with E-state index in [1.54, 1.807) is 12.0 Å². The van der Waals surface area contributed by atoms with E-state index in [2.05, 4.69) is 10.3 Å². The van der Waals surface area contributed by atoms with Gasteiger partial charge in [0.2, 0.25) is 0 Å². The average Bonchev–Trinajstić information content (AvgIpc) is 2.56. The normalized spacial score (nSPS) is 11.7. The summed E-state index contributed by atoms with van der Waals surface area (Å²) in [6.45, 7) is 3.01. The van der Waals surface area contributed by atoms with Crippen LogP contribution < -0.4 is 10.3 Å². The number of methoxy groups -OCH3 is 1. The molecule has 0 saturated heterocycles. The topological polar surface area (TPSA) is 55.7 Å². The summed E-state index contributed by atoms with van der Waals surface area (Å²) in [5, 5.41) is 2.92. The molecule has 1 unspecified atom stereocenters. The number of aromatic amines is 1. The number of hydrogen-bond acceptors (Lipinski definition) is 2. The molecule has 5 nitrogen and oxygen atoms in total. The highest BCUT2D eigenvalue weighted by atomic mass is 16.5. The number of rotatable bonds is 6. The number of benzene rings is 1. The van der Waals surface area contributed by atoms with Crippen molar-refractivity contribution in [3.05, 3.63) is 60.4 Å². The molecule has 1 atom stereocenters. The fourth-order valence-corrected chi connectivity index (χ4v) is 2.22. The maximum atomic E-state index is 12.6. The molecule has 5 heteroatoms. The number of anilines is 1. The fraction of sp³-hybridized carbons (Fsp3) is 0.294. The van der Waals surface area contributed by atoms with Crippen molar-refractivity contribution in [2.45, 2.75) is 13.0 Å². The number of nitrogens with zero attached hydrogens (tertiary/aromatic N) is 1. The molecule has 2 amide bonds. The molecular formula is C17H22N3O2+. The third-order valence-corrected chi connectivity index (χ3v) is 3.50. The Kier molecular flexibility index (Phi) is 5.91. The average molecular weight is 300 g/mol. The van der Waals surface area contributed by atoms with Crippen LogP contribution in [0.25, 0.3) is 0 Å². The highest BCUT2D eigenvalue weighted by Gasteiger charge is 2.22. The quantitative estimate of drug-likeness (QED) is 0.892. The largest absolute Gasteiger partial charge is 0.383 e. The molecule has 0 bridgehead atoms. The van der Waals surface area contributed by atoms with E-state index in [9.17, 15) is 4.79 Å². The van der Waals surface area contributed by atoms with Gasteiger partial charge in [-0.1, -0.05) is 18.2 Å². The third kappa shape index (κ3) is 4.30. The van der Waals surface area contributed by atoms with Gasteiger partial charge in [-0.3, -0.25) is 0 Å². The number of urea groups is 1. The Morgan fingerprint density at radius 2 is 2.05 bits per heavy atom. The molecule has 1 heterocycles. The Morgan fingerprint density at radius 1 is 1.27 bits per heavy atom. The van der Waals surface area contributed by atoms with Crippen molar-refractivity contribution in [3.63, 3.8) is 0 Å². The van der Waals surface area contributed by atoms with E-state index in [4.69, 9.17) is 4.74 Å². The zero-order valence-corrected chi connectivity index (χ0v) is 13.0. The van der Waals surface area contributed by atoms with Gasteiger partial charge < -0.3 is 15.0 Å². The zero-order chi connectivity index (χ0) is 15.8. The summed E-state index contributed by atoms with van der Waals surface area (Å²) in [6, 6.07) is 13.2. The predicted octanol–water partition coefficient (Wildman–Crippen LogP) is 2.74. The number of aromatic nitrogens is 1. The number of H-pyrrole nitrogens is 1. The summed E-state index contributed by atoms with van der Waals surface area (Å²) in [5.41, 5.74) is 1.82. The van der Waals surface area contributed by atoms with Crippen molar-refractivity contribution in [2.75, 3.05) is 25.6 Å². The van der Waals surface area contributed by atoms with Gasteiger partial charge in [-0.05, 0) is 25.1 Å². The van der Waals surface area contributed by atoms with Crippen LogP contribution in [-0.2, 0) is 4.74 Å². The van der Waals surface area contributed by atoms with Crippen LogP contribution >= 0.6 is 0 Å². The molecule has 2 N–H and O–H groups in total. The summed E-state index contributed by atoms with van der Waals surface area (Å²) in [6.07, 6.45) is 3.75. The van der Waals surface area contributed by atoms with Crippen molar-refractivity contribution in [1.29, 1.82) is 0 Å². The second-order valence-electron chi connectivity index (χ2n) is 5.00. The first-order valence-corrected chi connectivity index (χ1v) is 7.30. The summed E-state index contributed by atoms with van der Waals surface area (Å²) >= 11 is 0. The van der Waals surface area contributed by atoms with Crippen LogP contribution in [0.2, 0.25) is 0 Å². The lowest BCUT2D eigenvalue weighted by Crippen LogP contribution is -2.39. The van der Waals surface area contributed by atoms with Crippen LogP contribution in [0, 0.1) is 0 Å². The molecule has 0 radical (unpaired) electrons. The van der Waals surface area contributed by atoms with Gasteiger partial charge in [0.15, 0.2) is 12.4 Å². The Labute approximate surface area is 130 Å². The second kappa shape index (κ2) is 8.14. The predicted molar refractivity (Wildman–Crippen MR) is 85.5 cm³/mol. The number of carbonyl (C=O) groups is 1. The van der Waals surface area contributed by atoms with Gasteiger partial charge in [-0.2, -0.15) is 0 Å². The molecular weight excluding hydrogens is 278 g/mol. The van der Waals surface area contributed by atoms with Crippen LogP contribution in [0.3, 0.4) is 0 Å². The molecule has 1 aromatic carbocycles. The van der Waals surface area contributed by atoms with Crippen molar-refractivity contribution in [2.24, 2.45) is 0 Å². The molecule has 1 aromatic heterocycles. The molecule has 0 spiro atoms. The van der Waals surface area contributed by atoms with Crippen LogP contribution in [0.1, 0.15) is 18.5 Å². The lowest BCUT2D eigenvalue weighted by molar-refractivity contribution is -0.379. The monoisotopic (exact) mass is 300 g/mol. The molecule has 2 rings (SSSR count). The molecule has 22 heavy (non-hydrogen) atoms. The van der Waals surface area contributed by atoms with Gasteiger partial charge in [0.1, 0.15) is 0 Å². The zero-order valence-electron chi connectivity index (χ0n) is 13.0. The smallest absolute Gasteiger partial charge is 0.322 e.